The topological polar surface area (TPSA) is 58.4 Å². The van der Waals surface area contributed by atoms with Crippen molar-refractivity contribution >= 4 is 5.91 Å². The van der Waals surface area contributed by atoms with Gasteiger partial charge in [0.2, 0.25) is 5.91 Å². The lowest BCUT2D eigenvalue weighted by Crippen LogP contribution is -2.37. The molecule has 2 aliphatic heterocycles. The van der Waals surface area contributed by atoms with E-state index in [1.54, 1.807) is 16.5 Å². The Bertz CT molecular complexity index is 667. The van der Waals surface area contributed by atoms with E-state index in [1.807, 2.05) is 6.92 Å². The lowest BCUT2D eigenvalue weighted by molar-refractivity contribution is -0.132. The van der Waals surface area contributed by atoms with E-state index in [0.29, 0.717) is 36.9 Å². The number of fused-ring (bicyclic) bond motifs is 1. The van der Waals surface area contributed by atoms with E-state index >= 15 is 0 Å². The fraction of sp³-hybridized carbons (Fsp3) is 0.706. The second kappa shape index (κ2) is 6.43. The second-order valence-electron chi connectivity index (χ2n) is 6.87. The minimum Gasteiger partial charge on any atom is -0.332 e. The zero-order chi connectivity index (χ0) is 16.6. The second-order valence-corrected chi connectivity index (χ2v) is 6.87. The first-order chi connectivity index (χ1) is 11.0. The molecule has 1 aromatic heterocycles. The molecule has 0 N–H and O–H groups in total. The van der Waals surface area contributed by atoms with Crippen molar-refractivity contribution < 1.29 is 4.79 Å². The van der Waals surface area contributed by atoms with Crippen LogP contribution in [-0.2, 0) is 24.9 Å². The molecule has 0 saturated carbocycles. The highest BCUT2D eigenvalue weighted by atomic mass is 16.2. The Morgan fingerprint density at radius 1 is 1.26 bits per heavy atom. The summed E-state index contributed by atoms with van der Waals surface area (Å²) in [6.07, 6.45) is 5.18. The van der Waals surface area contributed by atoms with Gasteiger partial charge in [-0.2, -0.15) is 0 Å². The van der Waals surface area contributed by atoms with E-state index in [9.17, 15) is 9.59 Å². The summed E-state index contributed by atoms with van der Waals surface area (Å²) in [5, 5.41) is 0. The van der Waals surface area contributed by atoms with E-state index in [2.05, 4.69) is 16.9 Å². The van der Waals surface area contributed by atoms with Gasteiger partial charge in [-0.3, -0.25) is 14.2 Å². The summed E-state index contributed by atoms with van der Waals surface area (Å²) in [6, 6.07) is 0.519. The van der Waals surface area contributed by atoms with Crippen LogP contribution in [0.3, 0.4) is 0 Å². The Kier molecular flexibility index (Phi) is 4.53. The molecule has 3 heterocycles. The number of amides is 1. The maximum Gasteiger partial charge on any atom is 0.258 e. The van der Waals surface area contributed by atoms with Crippen molar-refractivity contribution in [1.29, 1.82) is 0 Å². The average Bonchev–Trinajstić information content (AvgIpc) is 2.96. The van der Waals surface area contributed by atoms with Gasteiger partial charge in [0, 0.05) is 19.5 Å². The van der Waals surface area contributed by atoms with Crippen molar-refractivity contribution in [1.82, 2.24) is 19.4 Å². The summed E-state index contributed by atoms with van der Waals surface area (Å²) in [5.41, 5.74) is 1.43. The Labute approximate surface area is 137 Å². The summed E-state index contributed by atoms with van der Waals surface area (Å²) in [4.78, 5) is 33.4. The van der Waals surface area contributed by atoms with Gasteiger partial charge in [-0.25, -0.2) is 4.98 Å². The smallest absolute Gasteiger partial charge is 0.258 e. The Balaban J connectivity index is 1.62. The Hall–Kier alpha value is -1.69. The molecular weight excluding hydrogens is 292 g/mol. The maximum absolute atomic E-state index is 12.5. The minimum atomic E-state index is -0.0187. The molecule has 1 fully saturated rings. The molecule has 1 aromatic rings. The highest BCUT2D eigenvalue weighted by Crippen LogP contribution is 2.22. The normalized spacial score (nSPS) is 21.5. The van der Waals surface area contributed by atoms with Gasteiger partial charge in [0.25, 0.3) is 5.56 Å². The largest absolute Gasteiger partial charge is 0.332 e. The molecule has 0 spiro atoms. The van der Waals surface area contributed by atoms with Crippen LogP contribution in [0.2, 0.25) is 0 Å². The number of likely N-dealkylation sites (tertiary alicyclic amines) is 1. The van der Waals surface area contributed by atoms with E-state index in [4.69, 9.17) is 0 Å². The lowest BCUT2D eigenvalue weighted by atomic mass is 9.98. The number of aryl methyl sites for hydroxylation is 1. The van der Waals surface area contributed by atoms with Gasteiger partial charge in [-0.15, -0.1) is 0 Å². The summed E-state index contributed by atoms with van der Waals surface area (Å²) in [5.74, 6) is 0.841. The van der Waals surface area contributed by atoms with Crippen LogP contribution in [0.25, 0.3) is 0 Å². The molecule has 1 unspecified atom stereocenters. The van der Waals surface area contributed by atoms with Crippen molar-refractivity contribution in [3.8, 4) is 0 Å². The van der Waals surface area contributed by atoms with Gasteiger partial charge in [0.05, 0.1) is 24.3 Å². The Morgan fingerprint density at radius 3 is 2.78 bits per heavy atom. The quantitative estimate of drug-likeness (QED) is 0.840. The van der Waals surface area contributed by atoms with Crippen LogP contribution in [0.15, 0.2) is 4.79 Å². The number of carbonyl (C=O) groups is 1. The van der Waals surface area contributed by atoms with Crippen molar-refractivity contribution in [2.45, 2.75) is 58.2 Å². The van der Waals surface area contributed by atoms with Gasteiger partial charge in [-0.1, -0.05) is 6.42 Å². The van der Waals surface area contributed by atoms with Crippen LogP contribution in [0.4, 0.5) is 0 Å². The van der Waals surface area contributed by atoms with Crippen LogP contribution in [-0.4, -0.2) is 44.9 Å². The van der Waals surface area contributed by atoms with Crippen molar-refractivity contribution in [2.75, 3.05) is 13.6 Å². The van der Waals surface area contributed by atoms with Crippen LogP contribution >= 0.6 is 0 Å². The molecular formula is C17H26N4O2. The van der Waals surface area contributed by atoms with Crippen LogP contribution in [0.1, 0.15) is 49.2 Å². The molecule has 1 saturated heterocycles. The average molecular weight is 318 g/mol. The van der Waals surface area contributed by atoms with Gasteiger partial charge < -0.3 is 9.80 Å². The third-order valence-corrected chi connectivity index (χ3v) is 5.35. The Morgan fingerprint density at radius 2 is 2.04 bits per heavy atom. The molecule has 2 aliphatic rings. The van der Waals surface area contributed by atoms with Crippen LogP contribution < -0.4 is 5.56 Å². The van der Waals surface area contributed by atoms with Gasteiger partial charge >= 0.3 is 0 Å². The minimum absolute atomic E-state index is 0.0187. The molecule has 1 atom stereocenters. The van der Waals surface area contributed by atoms with Crippen LogP contribution in [0, 0.1) is 6.92 Å². The lowest BCUT2D eigenvalue weighted by Gasteiger charge is -2.32. The predicted molar refractivity (Wildman–Crippen MR) is 88.0 cm³/mol. The molecule has 6 nitrogen and oxygen atoms in total. The highest BCUT2D eigenvalue weighted by molar-refractivity contribution is 5.76. The monoisotopic (exact) mass is 318 g/mol. The molecule has 0 bridgehead atoms. The first kappa shape index (κ1) is 16.2. The zero-order valence-electron chi connectivity index (χ0n) is 14.3. The summed E-state index contributed by atoms with van der Waals surface area (Å²) < 4.78 is 1.56. The van der Waals surface area contributed by atoms with Gasteiger partial charge in [0.15, 0.2) is 0 Å². The number of piperidine rings is 1. The van der Waals surface area contributed by atoms with Crippen molar-refractivity contribution in [2.24, 2.45) is 7.05 Å². The molecule has 0 aliphatic carbocycles. The number of aromatic nitrogens is 2. The summed E-state index contributed by atoms with van der Waals surface area (Å²) >= 11 is 0. The van der Waals surface area contributed by atoms with Crippen LogP contribution in [0.5, 0.6) is 0 Å². The summed E-state index contributed by atoms with van der Waals surface area (Å²) in [7, 11) is 3.88. The number of carbonyl (C=O) groups excluding carboxylic acids is 1. The number of nitrogens with zero attached hydrogens (tertiary/aromatic N) is 4. The highest BCUT2D eigenvalue weighted by Gasteiger charge is 2.28. The molecule has 3 rings (SSSR count). The first-order valence-electron chi connectivity index (χ1n) is 8.50. The van der Waals surface area contributed by atoms with Gasteiger partial charge in [0.1, 0.15) is 5.82 Å². The van der Waals surface area contributed by atoms with E-state index in [-0.39, 0.29) is 11.5 Å². The third-order valence-electron chi connectivity index (χ3n) is 5.35. The molecule has 0 aromatic carbocycles. The fourth-order valence-electron chi connectivity index (χ4n) is 3.66. The van der Waals surface area contributed by atoms with Crippen molar-refractivity contribution in [3.05, 3.63) is 27.4 Å². The molecule has 23 heavy (non-hydrogen) atoms. The molecule has 1 amide bonds. The number of rotatable bonds is 3. The number of hydrogen-bond acceptors (Lipinski definition) is 4. The maximum atomic E-state index is 12.5. The zero-order valence-corrected chi connectivity index (χ0v) is 14.3. The molecule has 0 radical (unpaired) electrons. The molecule has 6 heteroatoms. The van der Waals surface area contributed by atoms with E-state index < -0.39 is 0 Å². The standard InChI is InChI=1S/C17H26N4O2/c1-12-18-15-11-21(10-14(15)17(23)20(12)3)16(22)8-7-13-6-4-5-9-19(13)2/h13H,4-11H2,1-3H3. The van der Waals surface area contributed by atoms with E-state index in [1.165, 1.54) is 19.3 Å². The fourth-order valence-corrected chi connectivity index (χ4v) is 3.66. The van der Waals surface area contributed by atoms with Gasteiger partial charge in [-0.05, 0) is 39.8 Å². The predicted octanol–water partition coefficient (Wildman–Crippen LogP) is 1.20. The van der Waals surface area contributed by atoms with E-state index in [0.717, 1.165) is 18.7 Å². The van der Waals surface area contributed by atoms with Crippen molar-refractivity contribution in [3.63, 3.8) is 0 Å². The number of hydrogen-bond donors (Lipinski definition) is 0. The molecule has 126 valence electrons. The first-order valence-corrected chi connectivity index (χ1v) is 8.50. The third kappa shape index (κ3) is 3.17. The summed E-state index contributed by atoms with van der Waals surface area (Å²) in [6.45, 7) is 3.85. The SMILES string of the molecule is Cc1nc2c(c(=O)n1C)CN(C(=O)CCC1CCCCN1C)C2.